The molecule has 0 fully saturated rings. The summed E-state index contributed by atoms with van der Waals surface area (Å²) in [5.74, 6) is 1.47. The summed E-state index contributed by atoms with van der Waals surface area (Å²) in [5, 5.41) is 7.86. The van der Waals surface area contributed by atoms with E-state index in [1.165, 1.54) is 23.2 Å². The number of hydrogen-bond acceptors (Lipinski definition) is 4. The number of fused-ring (bicyclic) bond motifs is 1. The van der Waals surface area contributed by atoms with Crippen LogP contribution in [0.4, 0.5) is 0 Å². The minimum absolute atomic E-state index is 0.514. The summed E-state index contributed by atoms with van der Waals surface area (Å²) in [6, 6.07) is 14.5. The van der Waals surface area contributed by atoms with E-state index in [-0.39, 0.29) is 0 Å². The Morgan fingerprint density at radius 2 is 1.93 bits per heavy atom. The van der Waals surface area contributed by atoms with E-state index in [1.807, 2.05) is 12.1 Å². The van der Waals surface area contributed by atoms with Crippen molar-refractivity contribution in [3.63, 3.8) is 0 Å². The van der Waals surface area contributed by atoms with Crippen molar-refractivity contribution in [2.45, 2.75) is 39.8 Å². The number of rotatable bonds is 7. The molecule has 1 aliphatic rings. The molecule has 1 N–H and O–H groups in total. The first-order valence-corrected chi connectivity index (χ1v) is 10.3. The fraction of sp³-hybridized carbons (Fsp3) is 0.375. The number of aryl methyl sites for hydroxylation is 1. The summed E-state index contributed by atoms with van der Waals surface area (Å²) in [4.78, 5) is 2.50. The zero-order valence-corrected chi connectivity index (χ0v) is 17.5. The third-order valence-electron chi connectivity index (χ3n) is 5.50. The standard InChI is InChI=1S/C24H29N3O2/c1-4-12-27-13-11-21-20(15-27)24(26-25-21)19-9-10-22(23(14-19)28-3)29-16-18-7-5-17(2)6-8-18/h5-10,14H,4,11-13,15-16H2,1-3H3,(H,25,26). The van der Waals surface area contributed by atoms with Crippen molar-refractivity contribution in [1.29, 1.82) is 0 Å². The molecule has 0 bridgehead atoms. The third kappa shape index (κ3) is 4.30. The molecule has 0 saturated carbocycles. The number of nitrogens with one attached hydrogen (secondary N) is 1. The second kappa shape index (κ2) is 8.70. The molecule has 2 aromatic carbocycles. The van der Waals surface area contributed by atoms with E-state index in [2.05, 4.69) is 59.3 Å². The number of benzene rings is 2. The lowest BCUT2D eigenvalue weighted by Gasteiger charge is -2.26. The van der Waals surface area contributed by atoms with Gasteiger partial charge in [0.05, 0.1) is 12.8 Å². The van der Waals surface area contributed by atoms with Crippen molar-refractivity contribution < 1.29 is 9.47 Å². The predicted molar refractivity (Wildman–Crippen MR) is 115 cm³/mol. The Morgan fingerprint density at radius 3 is 2.69 bits per heavy atom. The van der Waals surface area contributed by atoms with E-state index in [4.69, 9.17) is 9.47 Å². The zero-order valence-electron chi connectivity index (χ0n) is 17.5. The Bertz CT molecular complexity index is 963. The van der Waals surface area contributed by atoms with E-state index in [1.54, 1.807) is 7.11 Å². The normalized spacial score (nSPS) is 13.9. The van der Waals surface area contributed by atoms with Gasteiger partial charge in [0.25, 0.3) is 0 Å². The topological polar surface area (TPSA) is 50.4 Å². The fourth-order valence-corrected chi connectivity index (χ4v) is 3.88. The van der Waals surface area contributed by atoms with E-state index < -0.39 is 0 Å². The SMILES string of the molecule is CCCN1CCc2[nH]nc(-c3ccc(OCc4ccc(C)cc4)c(OC)c3)c2C1. The molecule has 0 unspecified atom stereocenters. The smallest absolute Gasteiger partial charge is 0.161 e. The molecule has 0 saturated heterocycles. The number of ether oxygens (including phenoxy) is 2. The van der Waals surface area contributed by atoms with Gasteiger partial charge in [0.1, 0.15) is 6.61 Å². The Labute approximate surface area is 172 Å². The molecule has 2 heterocycles. The van der Waals surface area contributed by atoms with Gasteiger partial charge in [0.15, 0.2) is 11.5 Å². The van der Waals surface area contributed by atoms with Gasteiger partial charge in [-0.25, -0.2) is 0 Å². The summed E-state index contributed by atoms with van der Waals surface area (Å²) >= 11 is 0. The molecule has 1 aromatic heterocycles. The van der Waals surface area contributed by atoms with Gasteiger partial charge in [-0.15, -0.1) is 0 Å². The van der Waals surface area contributed by atoms with Crippen molar-refractivity contribution in [3.05, 3.63) is 64.8 Å². The van der Waals surface area contributed by atoms with Crippen LogP contribution < -0.4 is 9.47 Å². The van der Waals surface area contributed by atoms with E-state index in [0.717, 1.165) is 54.4 Å². The van der Waals surface area contributed by atoms with Crippen molar-refractivity contribution in [1.82, 2.24) is 15.1 Å². The molecule has 5 nitrogen and oxygen atoms in total. The summed E-state index contributed by atoms with van der Waals surface area (Å²) in [6.45, 7) is 7.99. The highest BCUT2D eigenvalue weighted by Gasteiger charge is 2.23. The molecule has 0 amide bonds. The molecule has 152 valence electrons. The quantitative estimate of drug-likeness (QED) is 0.632. The Kier molecular flexibility index (Phi) is 5.86. The summed E-state index contributed by atoms with van der Waals surface area (Å²) in [5.41, 5.74) is 7.02. The second-order valence-corrected chi connectivity index (χ2v) is 7.70. The Balaban J connectivity index is 1.54. The maximum absolute atomic E-state index is 6.03. The van der Waals surface area contributed by atoms with Gasteiger partial charge in [-0.2, -0.15) is 5.10 Å². The van der Waals surface area contributed by atoms with Crippen LogP contribution in [0.3, 0.4) is 0 Å². The lowest BCUT2D eigenvalue weighted by molar-refractivity contribution is 0.254. The van der Waals surface area contributed by atoms with Gasteiger partial charge in [-0.3, -0.25) is 10.00 Å². The van der Waals surface area contributed by atoms with Crippen LogP contribution >= 0.6 is 0 Å². The molecule has 1 aliphatic heterocycles. The Hall–Kier alpha value is -2.79. The highest BCUT2D eigenvalue weighted by molar-refractivity contribution is 5.68. The minimum Gasteiger partial charge on any atom is -0.493 e. The second-order valence-electron chi connectivity index (χ2n) is 7.70. The molecule has 0 radical (unpaired) electrons. The van der Waals surface area contributed by atoms with E-state index in [0.29, 0.717) is 6.61 Å². The van der Waals surface area contributed by atoms with Crippen LogP contribution in [-0.4, -0.2) is 35.3 Å². The molecule has 0 spiro atoms. The van der Waals surface area contributed by atoms with Gasteiger partial charge in [0.2, 0.25) is 0 Å². The van der Waals surface area contributed by atoms with Crippen LogP contribution in [0, 0.1) is 6.92 Å². The lowest BCUT2D eigenvalue weighted by atomic mass is 10.0. The molecule has 29 heavy (non-hydrogen) atoms. The highest BCUT2D eigenvalue weighted by Crippen LogP contribution is 2.35. The average Bonchev–Trinajstić information content (AvgIpc) is 3.17. The van der Waals surface area contributed by atoms with Crippen molar-refractivity contribution in [3.8, 4) is 22.8 Å². The van der Waals surface area contributed by atoms with Crippen molar-refractivity contribution in [2.75, 3.05) is 20.2 Å². The maximum Gasteiger partial charge on any atom is 0.161 e. The monoisotopic (exact) mass is 391 g/mol. The molecular weight excluding hydrogens is 362 g/mol. The number of hydrogen-bond donors (Lipinski definition) is 1. The zero-order chi connectivity index (χ0) is 20.2. The minimum atomic E-state index is 0.514. The highest BCUT2D eigenvalue weighted by atomic mass is 16.5. The first-order valence-electron chi connectivity index (χ1n) is 10.3. The molecule has 5 heteroatoms. The molecular formula is C24H29N3O2. The largest absolute Gasteiger partial charge is 0.493 e. The number of H-pyrrole nitrogens is 1. The average molecular weight is 392 g/mol. The summed E-state index contributed by atoms with van der Waals surface area (Å²) < 4.78 is 11.6. The van der Waals surface area contributed by atoms with Crippen molar-refractivity contribution in [2.24, 2.45) is 0 Å². The first kappa shape index (κ1) is 19.5. The van der Waals surface area contributed by atoms with E-state index >= 15 is 0 Å². The molecule has 0 aliphatic carbocycles. The van der Waals surface area contributed by atoms with Crippen LogP contribution in [0.2, 0.25) is 0 Å². The van der Waals surface area contributed by atoms with Crippen molar-refractivity contribution >= 4 is 0 Å². The number of nitrogens with zero attached hydrogens (tertiary/aromatic N) is 2. The van der Waals surface area contributed by atoms with Gasteiger partial charge >= 0.3 is 0 Å². The summed E-state index contributed by atoms with van der Waals surface area (Å²) in [6.07, 6.45) is 2.20. The predicted octanol–water partition coefficient (Wildman–Crippen LogP) is 4.74. The molecule has 3 aromatic rings. The third-order valence-corrected chi connectivity index (χ3v) is 5.50. The van der Waals surface area contributed by atoms with E-state index in [9.17, 15) is 0 Å². The van der Waals surface area contributed by atoms with Crippen LogP contribution in [0.1, 0.15) is 35.7 Å². The van der Waals surface area contributed by atoms with Gasteiger partial charge in [-0.05, 0) is 43.7 Å². The van der Waals surface area contributed by atoms with Gasteiger partial charge < -0.3 is 9.47 Å². The molecule has 4 rings (SSSR count). The van der Waals surface area contributed by atoms with Crippen LogP contribution in [0.5, 0.6) is 11.5 Å². The lowest BCUT2D eigenvalue weighted by Crippen LogP contribution is -2.31. The number of aromatic nitrogens is 2. The van der Waals surface area contributed by atoms with Gasteiger partial charge in [0, 0.05) is 36.3 Å². The number of aromatic amines is 1. The Morgan fingerprint density at radius 1 is 1.10 bits per heavy atom. The first-order chi connectivity index (χ1) is 14.2. The number of methoxy groups -OCH3 is 1. The maximum atomic E-state index is 6.03. The van der Waals surface area contributed by atoms with Gasteiger partial charge in [-0.1, -0.05) is 36.8 Å². The van der Waals surface area contributed by atoms with Crippen LogP contribution in [0.25, 0.3) is 11.3 Å². The summed E-state index contributed by atoms with van der Waals surface area (Å²) in [7, 11) is 1.68. The fourth-order valence-electron chi connectivity index (χ4n) is 3.88. The molecule has 0 atom stereocenters. The van der Waals surface area contributed by atoms with Crippen LogP contribution in [0.15, 0.2) is 42.5 Å². The van der Waals surface area contributed by atoms with Crippen LogP contribution in [-0.2, 0) is 19.6 Å².